The number of aromatic nitrogens is 2. The summed E-state index contributed by atoms with van der Waals surface area (Å²) in [6.07, 6.45) is 2.44. The molecule has 172 valence electrons. The molecule has 2 fully saturated rings. The van der Waals surface area contributed by atoms with Crippen molar-refractivity contribution in [2.24, 2.45) is 5.14 Å². The van der Waals surface area contributed by atoms with Crippen LogP contribution in [0.5, 0.6) is 0 Å². The number of hydrogen-bond donors (Lipinski definition) is 1. The second-order valence-corrected chi connectivity index (χ2v) is 10.9. The minimum Gasteiger partial charge on any atom is -0.444 e. The first-order chi connectivity index (χ1) is 15.0. The van der Waals surface area contributed by atoms with Crippen LogP contribution < -0.4 is 10.0 Å². The van der Waals surface area contributed by atoms with E-state index in [-0.39, 0.29) is 16.9 Å². The summed E-state index contributed by atoms with van der Waals surface area (Å²) < 4.78 is 28.4. The van der Waals surface area contributed by atoms with E-state index in [1.165, 1.54) is 0 Å². The lowest BCUT2D eigenvalue weighted by Gasteiger charge is -2.35. The third kappa shape index (κ3) is 5.18. The predicted octanol–water partition coefficient (Wildman–Crippen LogP) is 2.45. The number of nitrogens with two attached hydrogens (primary N) is 1. The summed E-state index contributed by atoms with van der Waals surface area (Å²) in [5, 5.41) is 5.18. The highest BCUT2D eigenvalue weighted by Gasteiger charge is 2.41. The van der Waals surface area contributed by atoms with Crippen molar-refractivity contribution < 1.29 is 17.9 Å². The number of primary sulfonamides is 1. The Bertz CT molecular complexity index is 1090. The number of benzene rings is 1. The average molecular weight is 460 g/mol. The molecule has 1 amide bonds. The summed E-state index contributed by atoms with van der Waals surface area (Å²) in [7, 11) is -3.69. The molecular formula is C22H29N5O4S. The fourth-order valence-corrected chi connectivity index (χ4v) is 4.45. The Balaban J connectivity index is 1.37. The number of rotatable bonds is 4. The van der Waals surface area contributed by atoms with Crippen molar-refractivity contribution in [1.29, 1.82) is 0 Å². The molecule has 1 aliphatic carbocycles. The average Bonchev–Trinajstić information content (AvgIpc) is 3.53. The SMILES string of the molecule is CC(C)(C)OC(=O)N1CCN(c2nccc([C@@H]3C[C@H]3c3ccc(S(N)(=O)=O)cc3)n2)CC1. The van der Waals surface area contributed by atoms with Crippen molar-refractivity contribution in [3.8, 4) is 0 Å². The lowest BCUT2D eigenvalue weighted by molar-refractivity contribution is 0.0240. The van der Waals surface area contributed by atoms with Gasteiger partial charge in [0.05, 0.1) is 4.90 Å². The third-order valence-electron chi connectivity index (χ3n) is 5.69. The maximum absolute atomic E-state index is 12.3. The zero-order valence-electron chi connectivity index (χ0n) is 18.6. The van der Waals surface area contributed by atoms with Gasteiger partial charge in [-0.1, -0.05) is 12.1 Å². The molecule has 1 aromatic heterocycles. The smallest absolute Gasteiger partial charge is 0.410 e. The Labute approximate surface area is 188 Å². The molecule has 0 spiro atoms. The molecule has 0 unspecified atom stereocenters. The summed E-state index contributed by atoms with van der Waals surface area (Å²) >= 11 is 0. The van der Waals surface area contributed by atoms with Gasteiger partial charge in [0.1, 0.15) is 5.60 Å². The van der Waals surface area contributed by atoms with E-state index in [1.54, 1.807) is 23.2 Å². The zero-order chi connectivity index (χ0) is 23.1. The molecule has 1 saturated heterocycles. The molecule has 4 rings (SSSR count). The number of sulfonamides is 1. The molecule has 32 heavy (non-hydrogen) atoms. The Morgan fingerprint density at radius 1 is 1.06 bits per heavy atom. The van der Waals surface area contributed by atoms with Crippen LogP contribution in [0.4, 0.5) is 10.7 Å². The van der Waals surface area contributed by atoms with Gasteiger partial charge in [-0.05, 0) is 56.9 Å². The molecule has 2 heterocycles. The number of amides is 1. The van der Waals surface area contributed by atoms with Gasteiger partial charge in [0.15, 0.2) is 0 Å². The van der Waals surface area contributed by atoms with Crippen molar-refractivity contribution in [3.63, 3.8) is 0 Å². The molecule has 2 aliphatic rings. The minimum absolute atomic E-state index is 0.119. The number of carbonyl (C=O) groups excluding carboxylic acids is 1. The van der Waals surface area contributed by atoms with Crippen LogP contribution in [0.3, 0.4) is 0 Å². The van der Waals surface area contributed by atoms with E-state index in [2.05, 4.69) is 9.88 Å². The first-order valence-corrected chi connectivity index (χ1v) is 12.2. The summed E-state index contributed by atoms with van der Waals surface area (Å²) in [4.78, 5) is 25.4. The van der Waals surface area contributed by atoms with Gasteiger partial charge in [0.25, 0.3) is 0 Å². The molecule has 9 nitrogen and oxygen atoms in total. The van der Waals surface area contributed by atoms with Gasteiger partial charge in [0, 0.05) is 44.0 Å². The highest BCUT2D eigenvalue weighted by molar-refractivity contribution is 7.89. The molecular weight excluding hydrogens is 430 g/mol. The number of ether oxygens (including phenoxy) is 1. The fraction of sp³-hybridized carbons (Fsp3) is 0.500. The van der Waals surface area contributed by atoms with Crippen LogP contribution >= 0.6 is 0 Å². The molecule has 0 radical (unpaired) electrons. The van der Waals surface area contributed by atoms with Crippen molar-refractivity contribution in [2.45, 2.75) is 49.5 Å². The van der Waals surface area contributed by atoms with Crippen molar-refractivity contribution in [1.82, 2.24) is 14.9 Å². The minimum atomic E-state index is -3.69. The summed E-state index contributed by atoms with van der Waals surface area (Å²) in [6.45, 7) is 7.99. The second-order valence-electron chi connectivity index (χ2n) is 9.30. The van der Waals surface area contributed by atoms with Crippen LogP contribution in [0.15, 0.2) is 41.4 Å². The molecule has 1 aromatic carbocycles. The topological polar surface area (TPSA) is 119 Å². The second kappa shape index (κ2) is 8.32. The normalized spacial score (nSPS) is 21.4. The van der Waals surface area contributed by atoms with E-state index in [0.717, 1.165) is 17.7 Å². The standard InChI is InChI=1S/C22H29N5O4S/c1-22(2,3)31-21(28)27-12-10-26(11-13-27)20-24-9-8-19(25-20)18-14-17(18)15-4-6-16(7-5-15)32(23,29)30/h4-9,17-18H,10-14H2,1-3H3,(H2,23,29,30)/t17-,18+/m0/s1. The van der Waals surface area contributed by atoms with E-state index in [0.29, 0.717) is 38.0 Å². The van der Waals surface area contributed by atoms with Crippen LogP contribution in [-0.2, 0) is 14.8 Å². The third-order valence-corrected chi connectivity index (χ3v) is 6.61. The quantitative estimate of drug-likeness (QED) is 0.746. The maximum atomic E-state index is 12.3. The molecule has 10 heteroatoms. The summed E-state index contributed by atoms with van der Waals surface area (Å²) in [5.74, 6) is 1.25. The monoisotopic (exact) mass is 459 g/mol. The van der Waals surface area contributed by atoms with E-state index in [1.807, 2.05) is 39.0 Å². The van der Waals surface area contributed by atoms with Crippen molar-refractivity contribution >= 4 is 22.1 Å². The van der Waals surface area contributed by atoms with Crippen LogP contribution in [0.2, 0.25) is 0 Å². The highest BCUT2D eigenvalue weighted by Crippen LogP contribution is 2.54. The van der Waals surface area contributed by atoms with Gasteiger partial charge in [0.2, 0.25) is 16.0 Å². The number of nitrogens with zero attached hydrogens (tertiary/aromatic N) is 4. The van der Waals surface area contributed by atoms with E-state index in [9.17, 15) is 13.2 Å². The Hall–Kier alpha value is -2.72. The molecule has 2 atom stereocenters. The van der Waals surface area contributed by atoms with Gasteiger partial charge in [-0.25, -0.2) is 28.3 Å². The van der Waals surface area contributed by atoms with Gasteiger partial charge in [-0.2, -0.15) is 0 Å². The number of carbonyl (C=O) groups is 1. The Kier molecular flexibility index (Phi) is 5.85. The van der Waals surface area contributed by atoms with Crippen LogP contribution in [0, 0.1) is 0 Å². The lowest BCUT2D eigenvalue weighted by Crippen LogP contribution is -2.50. The van der Waals surface area contributed by atoms with Crippen LogP contribution in [-0.4, -0.2) is 61.2 Å². The van der Waals surface area contributed by atoms with Gasteiger partial charge in [-0.3, -0.25) is 0 Å². The fourth-order valence-electron chi connectivity index (χ4n) is 3.93. The molecule has 1 aliphatic heterocycles. The summed E-state index contributed by atoms with van der Waals surface area (Å²) in [5.41, 5.74) is 1.55. The van der Waals surface area contributed by atoms with E-state index in [4.69, 9.17) is 14.9 Å². The first-order valence-electron chi connectivity index (χ1n) is 10.7. The molecule has 2 aromatic rings. The lowest BCUT2D eigenvalue weighted by atomic mass is 10.1. The van der Waals surface area contributed by atoms with Gasteiger partial charge < -0.3 is 14.5 Å². The van der Waals surface area contributed by atoms with E-state index >= 15 is 0 Å². The molecule has 0 bridgehead atoms. The highest BCUT2D eigenvalue weighted by atomic mass is 32.2. The molecule has 1 saturated carbocycles. The van der Waals surface area contributed by atoms with Crippen LogP contribution in [0.25, 0.3) is 0 Å². The van der Waals surface area contributed by atoms with Gasteiger partial charge >= 0.3 is 6.09 Å². The van der Waals surface area contributed by atoms with Gasteiger partial charge in [-0.15, -0.1) is 0 Å². The zero-order valence-corrected chi connectivity index (χ0v) is 19.4. The predicted molar refractivity (Wildman–Crippen MR) is 120 cm³/mol. The summed E-state index contributed by atoms with van der Waals surface area (Å²) in [6, 6.07) is 8.68. The molecule has 2 N–H and O–H groups in total. The van der Waals surface area contributed by atoms with Crippen molar-refractivity contribution in [3.05, 3.63) is 47.8 Å². The number of hydrogen-bond acceptors (Lipinski definition) is 7. The Morgan fingerprint density at radius 2 is 1.72 bits per heavy atom. The number of anilines is 1. The Morgan fingerprint density at radius 3 is 2.31 bits per heavy atom. The largest absolute Gasteiger partial charge is 0.444 e. The number of piperazine rings is 1. The van der Waals surface area contributed by atoms with Crippen LogP contribution in [0.1, 0.15) is 50.3 Å². The van der Waals surface area contributed by atoms with E-state index < -0.39 is 15.6 Å². The first kappa shape index (κ1) is 22.5. The van der Waals surface area contributed by atoms with Crippen molar-refractivity contribution in [2.75, 3.05) is 31.1 Å². The maximum Gasteiger partial charge on any atom is 0.410 e.